The molecule has 1 aromatic heterocycles. The molecule has 1 N–H and O–H groups in total. The van der Waals surface area contributed by atoms with Crippen LogP contribution >= 0.6 is 11.6 Å². The first-order chi connectivity index (χ1) is 8.15. The van der Waals surface area contributed by atoms with E-state index >= 15 is 0 Å². The van der Waals surface area contributed by atoms with Gasteiger partial charge in [-0.05, 0) is 25.6 Å². The number of hydrogen-bond donors (Lipinski definition) is 1. The summed E-state index contributed by atoms with van der Waals surface area (Å²) >= 11 is 5.89. The Kier molecular flexibility index (Phi) is 5.94. The number of halogens is 1. The highest BCUT2D eigenvalue weighted by atomic mass is 35.5. The zero-order valence-electron chi connectivity index (χ0n) is 10.2. The summed E-state index contributed by atoms with van der Waals surface area (Å²) in [4.78, 5) is 17.7. The Bertz CT molecular complexity index is 371. The predicted molar refractivity (Wildman–Crippen MR) is 68.9 cm³/mol. The van der Waals surface area contributed by atoms with Crippen molar-refractivity contribution in [2.45, 2.75) is 20.4 Å². The summed E-state index contributed by atoms with van der Waals surface area (Å²) < 4.78 is 0. The van der Waals surface area contributed by atoms with E-state index in [2.05, 4.69) is 10.3 Å². The third kappa shape index (κ3) is 5.15. The maximum absolute atomic E-state index is 11.5. The van der Waals surface area contributed by atoms with Gasteiger partial charge in [0, 0.05) is 24.3 Å². The molecule has 0 saturated carbocycles. The summed E-state index contributed by atoms with van der Waals surface area (Å²) in [5.41, 5.74) is 0.878. The van der Waals surface area contributed by atoms with Gasteiger partial charge >= 0.3 is 0 Å². The summed E-state index contributed by atoms with van der Waals surface area (Å²) in [5.74, 6) is 0.0383. The molecule has 4 nitrogen and oxygen atoms in total. The lowest BCUT2D eigenvalue weighted by Crippen LogP contribution is -2.36. The summed E-state index contributed by atoms with van der Waals surface area (Å²) in [5, 5.41) is 3.45. The molecule has 1 heterocycles. The molecular formula is C12H18ClN3O. The molecule has 1 aromatic rings. The first kappa shape index (κ1) is 13.9. The van der Waals surface area contributed by atoms with Gasteiger partial charge in [-0.3, -0.25) is 14.7 Å². The first-order valence-electron chi connectivity index (χ1n) is 5.75. The van der Waals surface area contributed by atoms with Crippen LogP contribution in [-0.2, 0) is 11.3 Å². The zero-order valence-corrected chi connectivity index (χ0v) is 11.0. The van der Waals surface area contributed by atoms with Gasteiger partial charge in [-0.1, -0.05) is 18.5 Å². The largest absolute Gasteiger partial charge is 0.355 e. The minimum Gasteiger partial charge on any atom is -0.355 e. The monoisotopic (exact) mass is 255 g/mol. The van der Waals surface area contributed by atoms with E-state index in [1.807, 2.05) is 24.8 Å². The van der Waals surface area contributed by atoms with Gasteiger partial charge in [-0.25, -0.2) is 0 Å². The van der Waals surface area contributed by atoms with E-state index in [-0.39, 0.29) is 5.91 Å². The zero-order chi connectivity index (χ0) is 12.7. The predicted octanol–water partition coefficient (Wildman–Crippen LogP) is 1.69. The van der Waals surface area contributed by atoms with Crippen molar-refractivity contribution in [2.24, 2.45) is 0 Å². The van der Waals surface area contributed by atoms with Crippen LogP contribution in [0.1, 0.15) is 19.5 Å². The van der Waals surface area contributed by atoms with E-state index in [9.17, 15) is 4.79 Å². The first-order valence-corrected chi connectivity index (χ1v) is 6.13. The van der Waals surface area contributed by atoms with E-state index in [1.165, 1.54) is 0 Å². The van der Waals surface area contributed by atoms with Gasteiger partial charge in [0.1, 0.15) is 0 Å². The Morgan fingerprint density at radius 2 is 2.29 bits per heavy atom. The normalized spacial score (nSPS) is 10.6. The van der Waals surface area contributed by atoms with E-state index in [1.54, 1.807) is 12.3 Å². The second kappa shape index (κ2) is 7.25. The van der Waals surface area contributed by atoms with Gasteiger partial charge in [-0.2, -0.15) is 0 Å². The Morgan fingerprint density at radius 3 is 2.88 bits per heavy atom. The van der Waals surface area contributed by atoms with E-state index < -0.39 is 0 Å². The lowest BCUT2D eigenvalue weighted by atomic mass is 10.3. The summed E-state index contributed by atoms with van der Waals surface area (Å²) in [7, 11) is 0. The van der Waals surface area contributed by atoms with Gasteiger partial charge in [0.25, 0.3) is 0 Å². The average molecular weight is 256 g/mol. The van der Waals surface area contributed by atoms with Crippen molar-refractivity contribution >= 4 is 17.5 Å². The molecular weight excluding hydrogens is 238 g/mol. The SMILES string of the molecule is CCNC(=O)CN(CC)Cc1cc(Cl)ccn1. The maximum atomic E-state index is 11.5. The van der Waals surface area contributed by atoms with Crippen molar-refractivity contribution in [1.82, 2.24) is 15.2 Å². The molecule has 0 aromatic carbocycles. The molecule has 1 amide bonds. The van der Waals surface area contributed by atoms with Gasteiger partial charge in [0.15, 0.2) is 0 Å². The molecule has 5 heteroatoms. The van der Waals surface area contributed by atoms with E-state index in [0.717, 1.165) is 12.2 Å². The number of nitrogens with zero attached hydrogens (tertiary/aromatic N) is 2. The van der Waals surface area contributed by atoms with Crippen LogP contribution in [0, 0.1) is 0 Å². The quantitative estimate of drug-likeness (QED) is 0.842. The van der Waals surface area contributed by atoms with Gasteiger partial charge in [0.2, 0.25) is 5.91 Å². The Hall–Kier alpha value is -1.13. The highest BCUT2D eigenvalue weighted by Gasteiger charge is 2.09. The summed E-state index contributed by atoms with van der Waals surface area (Å²) in [6.07, 6.45) is 1.68. The molecule has 17 heavy (non-hydrogen) atoms. The third-order valence-electron chi connectivity index (χ3n) is 2.35. The van der Waals surface area contributed by atoms with Gasteiger partial charge < -0.3 is 5.32 Å². The molecule has 0 fully saturated rings. The molecule has 0 radical (unpaired) electrons. The van der Waals surface area contributed by atoms with E-state index in [0.29, 0.717) is 24.7 Å². The van der Waals surface area contributed by atoms with Gasteiger partial charge in [0.05, 0.1) is 12.2 Å². The number of nitrogens with one attached hydrogen (secondary N) is 1. The number of amides is 1. The van der Waals surface area contributed by atoms with Crippen molar-refractivity contribution in [3.8, 4) is 0 Å². The molecule has 1 rings (SSSR count). The van der Waals surface area contributed by atoms with Crippen LogP contribution in [0.2, 0.25) is 5.02 Å². The highest BCUT2D eigenvalue weighted by molar-refractivity contribution is 6.30. The maximum Gasteiger partial charge on any atom is 0.234 e. The highest BCUT2D eigenvalue weighted by Crippen LogP contribution is 2.09. The van der Waals surface area contributed by atoms with Crippen LogP contribution < -0.4 is 5.32 Å². The standard InChI is InChI=1S/C12H18ClN3O/c1-3-14-12(17)9-16(4-2)8-11-7-10(13)5-6-15-11/h5-7H,3-4,8-9H2,1-2H3,(H,14,17). The van der Waals surface area contributed by atoms with E-state index in [4.69, 9.17) is 11.6 Å². The number of carbonyl (C=O) groups is 1. The second-order valence-electron chi connectivity index (χ2n) is 3.72. The summed E-state index contributed by atoms with van der Waals surface area (Å²) in [6, 6.07) is 3.56. The second-order valence-corrected chi connectivity index (χ2v) is 4.16. The Morgan fingerprint density at radius 1 is 1.53 bits per heavy atom. The van der Waals surface area contributed by atoms with Crippen molar-refractivity contribution in [3.63, 3.8) is 0 Å². The molecule has 0 atom stereocenters. The van der Waals surface area contributed by atoms with Crippen molar-refractivity contribution in [3.05, 3.63) is 29.0 Å². The van der Waals surface area contributed by atoms with Crippen LogP contribution in [0.15, 0.2) is 18.3 Å². The average Bonchev–Trinajstić information content (AvgIpc) is 2.28. The number of rotatable bonds is 6. The number of pyridine rings is 1. The topological polar surface area (TPSA) is 45.2 Å². The number of hydrogen-bond acceptors (Lipinski definition) is 3. The van der Waals surface area contributed by atoms with Crippen molar-refractivity contribution in [2.75, 3.05) is 19.6 Å². The molecule has 94 valence electrons. The fourth-order valence-electron chi connectivity index (χ4n) is 1.50. The fraction of sp³-hybridized carbons (Fsp3) is 0.500. The van der Waals surface area contributed by atoms with Crippen LogP contribution in [0.5, 0.6) is 0 Å². The Balaban J connectivity index is 2.54. The lowest BCUT2D eigenvalue weighted by molar-refractivity contribution is -0.122. The molecule has 0 saturated heterocycles. The molecule has 0 spiro atoms. The minimum absolute atomic E-state index is 0.0383. The van der Waals surface area contributed by atoms with Crippen LogP contribution in [-0.4, -0.2) is 35.4 Å². The molecule has 0 aliphatic heterocycles. The van der Waals surface area contributed by atoms with Gasteiger partial charge in [-0.15, -0.1) is 0 Å². The van der Waals surface area contributed by atoms with Crippen LogP contribution in [0.25, 0.3) is 0 Å². The fourth-order valence-corrected chi connectivity index (χ4v) is 1.68. The number of aromatic nitrogens is 1. The smallest absolute Gasteiger partial charge is 0.234 e. The minimum atomic E-state index is 0.0383. The summed E-state index contributed by atoms with van der Waals surface area (Å²) in [6.45, 7) is 6.40. The van der Waals surface area contributed by atoms with Crippen molar-refractivity contribution in [1.29, 1.82) is 0 Å². The van der Waals surface area contributed by atoms with Crippen LogP contribution in [0.4, 0.5) is 0 Å². The molecule has 0 aliphatic carbocycles. The number of likely N-dealkylation sites (N-methyl/N-ethyl adjacent to an activating group) is 2. The lowest BCUT2D eigenvalue weighted by Gasteiger charge is -2.19. The van der Waals surface area contributed by atoms with Crippen LogP contribution in [0.3, 0.4) is 0 Å². The number of carbonyl (C=O) groups excluding carboxylic acids is 1. The molecule has 0 unspecified atom stereocenters. The molecule has 0 bridgehead atoms. The molecule has 0 aliphatic rings. The van der Waals surface area contributed by atoms with Crippen molar-refractivity contribution < 1.29 is 4.79 Å². The Labute approximate surface area is 107 Å². The third-order valence-corrected chi connectivity index (χ3v) is 2.59.